The largest absolute Gasteiger partial charge is 0.345 e. The van der Waals surface area contributed by atoms with Crippen LogP contribution >= 0.6 is 0 Å². The number of nitrogens with zero attached hydrogens (tertiary/aromatic N) is 4. The van der Waals surface area contributed by atoms with Gasteiger partial charge in [-0.3, -0.25) is 9.36 Å². The molecule has 1 aromatic heterocycles. The van der Waals surface area contributed by atoms with E-state index >= 15 is 0 Å². The summed E-state index contributed by atoms with van der Waals surface area (Å²) in [7, 11) is 1.64. The molecule has 0 saturated carbocycles. The van der Waals surface area contributed by atoms with E-state index in [0.29, 0.717) is 24.5 Å². The summed E-state index contributed by atoms with van der Waals surface area (Å²) in [5, 5.41) is 4.16. The van der Waals surface area contributed by atoms with Gasteiger partial charge in [-0.1, -0.05) is 12.1 Å². The number of likely N-dealkylation sites (tertiary alicyclic amines) is 1. The van der Waals surface area contributed by atoms with E-state index in [4.69, 9.17) is 0 Å². The van der Waals surface area contributed by atoms with E-state index < -0.39 is 0 Å². The summed E-state index contributed by atoms with van der Waals surface area (Å²) in [4.78, 5) is 26.3. The molecule has 7 heteroatoms. The molecular formula is C17H21FN4O2. The SMILES string of the molecule is Cc1nn(C)c(=O)n1C1CCN(C(=O)Cc2cccc(F)c2)CC1. The van der Waals surface area contributed by atoms with Gasteiger partial charge < -0.3 is 4.90 Å². The minimum atomic E-state index is -0.328. The lowest BCUT2D eigenvalue weighted by atomic mass is 10.0. The lowest BCUT2D eigenvalue weighted by Crippen LogP contribution is -2.41. The van der Waals surface area contributed by atoms with E-state index in [-0.39, 0.29) is 29.9 Å². The zero-order valence-electron chi connectivity index (χ0n) is 13.9. The maximum atomic E-state index is 13.2. The molecule has 2 aromatic rings. The Kier molecular flexibility index (Phi) is 4.51. The molecule has 3 rings (SSSR count). The van der Waals surface area contributed by atoms with Crippen molar-refractivity contribution in [2.24, 2.45) is 7.05 Å². The second-order valence-electron chi connectivity index (χ2n) is 6.24. The summed E-state index contributed by atoms with van der Waals surface area (Å²) in [5.74, 6) is 0.367. The van der Waals surface area contributed by atoms with E-state index in [9.17, 15) is 14.0 Å². The average Bonchev–Trinajstić information content (AvgIpc) is 2.80. The summed E-state index contributed by atoms with van der Waals surface area (Å²) < 4.78 is 16.3. The van der Waals surface area contributed by atoms with Crippen LogP contribution in [0.2, 0.25) is 0 Å². The molecule has 1 aliphatic rings. The highest BCUT2D eigenvalue weighted by atomic mass is 19.1. The predicted molar refractivity (Wildman–Crippen MR) is 87.2 cm³/mol. The Morgan fingerprint density at radius 1 is 1.33 bits per heavy atom. The molecule has 1 amide bonds. The molecule has 1 saturated heterocycles. The first-order chi connectivity index (χ1) is 11.5. The number of carbonyl (C=O) groups excluding carboxylic acids is 1. The number of aryl methyl sites for hydroxylation is 2. The maximum Gasteiger partial charge on any atom is 0.345 e. The van der Waals surface area contributed by atoms with Gasteiger partial charge in [0.25, 0.3) is 0 Å². The highest BCUT2D eigenvalue weighted by Crippen LogP contribution is 2.22. The fraction of sp³-hybridized carbons (Fsp3) is 0.471. The van der Waals surface area contributed by atoms with Crippen molar-refractivity contribution in [2.75, 3.05) is 13.1 Å². The van der Waals surface area contributed by atoms with Gasteiger partial charge in [0.1, 0.15) is 11.6 Å². The molecule has 0 atom stereocenters. The number of amides is 1. The number of hydrogen-bond donors (Lipinski definition) is 0. The summed E-state index contributed by atoms with van der Waals surface area (Å²) in [5.41, 5.74) is 0.568. The molecule has 1 aromatic carbocycles. The van der Waals surface area contributed by atoms with Crippen LogP contribution < -0.4 is 5.69 Å². The molecular weight excluding hydrogens is 311 g/mol. The van der Waals surface area contributed by atoms with Crippen molar-refractivity contribution in [3.05, 3.63) is 52.0 Å². The first-order valence-corrected chi connectivity index (χ1v) is 8.10. The van der Waals surface area contributed by atoms with E-state index in [1.54, 1.807) is 28.6 Å². The van der Waals surface area contributed by atoms with Crippen molar-refractivity contribution in [3.8, 4) is 0 Å². The van der Waals surface area contributed by atoms with Gasteiger partial charge in [-0.15, -0.1) is 0 Å². The van der Waals surface area contributed by atoms with Gasteiger partial charge >= 0.3 is 5.69 Å². The fourth-order valence-corrected chi connectivity index (χ4v) is 3.33. The Bertz CT molecular complexity index is 803. The standard InChI is InChI=1S/C17H21FN4O2/c1-12-19-20(2)17(24)22(12)15-6-8-21(9-7-15)16(23)11-13-4-3-5-14(18)10-13/h3-5,10,15H,6-9,11H2,1-2H3. The van der Waals surface area contributed by atoms with Gasteiger partial charge in [0.2, 0.25) is 5.91 Å². The predicted octanol–water partition coefficient (Wildman–Crippen LogP) is 1.44. The summed E-state index contributed by atoms with van der Waals surface area (Å²) in [6.45, 7) is 3.02. The van der Waals surface area contributed by atoms with Crippen LogP contribution in [-0.4, -0.2) is 38.2 Å². The molecule has 0 bridgehead atoms. The van der Waals surface area contributed by atoms with Gasteiger partial charge in [-0.05, 0) is 37.5 Å². The number of carbonyl (C=O) groups is 1. The number of hydrogen-bond acceptors (Lipinski definition) is 3. The highest BCUT2D eigenvalue weighted by Gasteiger charge is 2.26. The van der Waals surface area contributed by atoms with E-state index in [2.05, 4.69) is 5.10 Å². The number of piperidine rings is 1. The summed E-state index contributed by atoms with van der Waals surface area (Å²) >= 11 is 0. The first kappa shape index (κ1) is 16.4. The fourth-order valence-electron chi connectivity index (χ4n) is 3.33. The Balaban J connectivity index is 1.62. The average molecular weight is 332 g/mol. The Hall–Kier alpha value is -2.44. The van der Waals surface area contributed by atoms with E-state index in [0.717, 1.165) is 12.8 Å². The van der Waals surface area contributed by atoms with Crippen LogP contribution in [-0.2, 0) is 18.3 Å². The van der Waals surface area contributed by atoms with Crippen LogP contribution in [0.1, 0.15) is 30.3 Å². The minimum absolute atomic E-state index is 0.00527. The Morgan fingerprint density at radius 2 is 2.04 bits per heavy atom. The number of aromatic nitrogens is 3. The Morgan fingerprint density at radius 3 is 2.62 bits per heavy atom. The van der Waals surface area contributed by atoms with Crippen LogP contribution in [0.3, 0.4) is 0 Å². The molecule has 128 valence electrons. The smallest absolute Gasteiger partial charge is 0.342 e. The molecule has 6 nitrogen and oxygen atoms in total. The van der Waals surface area contributed by atoms with Gasteiger partial charge in [0, 0.05) is 26.2 Å². The lowest BCUT2D eigenvalue weighted by Gasteiger charge is -2.32. The van der Waals surface area contributed by atoms with E-state index in [1.165, 1.54) is 16.8 Å². The molecule has 0 N–H and O–H groups in total. The number of benzene rings is 1. The van der Waals surface area contributed by atoms with Crippen LogP contribution in [0, 0.1) is 12.7 Å². The normalized spacial score (nSPS) is 15.7. The Labute approximate surface area is 139 Å². The molecule has 0 spiro atoms. The molecule has 1 fully saturated rings. The van der Waals surface area contributed by atoms with Gasteiger partial charge in [-0.2, -0.15) is 5.10 Å². The van der Waals surface area contributed by atoms with Gasteiger partial charge in [0.15, 0.2) is 0 Å². The quantitative estimate of drug-likeness (QED) is 0.854. The third kappa shape index (κ3) is 3.25. The van der Waals surface area contributed by atoms with E-state index in [1.807, 2.05) is 6.92 Å². The third-order valence-electron chi connectivity index (χ3n) is 4.55. The third-order valence-corrected chi connectivity index (χ3v) is 4.55. The lowest BCUT2D eigenvalue weighted by molar-refractivity contribution is -0.131. The number of rotatable bonds is 3. The van der Waals surface area contributed by atoms with Crippen molar-refractivity contribution in [1.82, 2.24) is 19.2 Å². The van der Waals surface area contributed by atoms with Gasteiger partial charge in [0.05, 0.1) is 6.42 Å². The van der Waals surface area contributed by atoms with Gasteiger partial charge in [-0.25, -0.2) is 13.9 Å². The van der Waals surface area contributed by atoms with Crippen molar-refractivity contribution in [3.63, 3.8) is 0 Å². The summed E-state index contributed by atoms with van der Waals surface area (Å²) in [6.07, 6.45) is 1.65. The van der Waals surface area contributed by atoms with Crippen molar-refractivity contribution < 1.29 is 9.18 Å². The zero-order valence-corrected chi connectivity index (χ0v) is 13.9. The van der Waals surface area contributed by atoms with Crippen LogP contribution in [0.25, 0.3) is 0 Å². The molecule has 2 heterocycles. The minimum Gasteiger partial charge on any atom is -0.342 e. The molecule has 0 unspecified atom stereocenters. The maximum absolute atomic E-state index is 13.2. The van der Waals surface area contributed by atoms with Crippen LogP contribution in [0.5, 0.6) is 0 Å². The highest BCUT2D eigenvalue weighted by molar-refractivity contribution is 5.78. The molecule has 24 heavy (non-hydrogen) atoms. The monoisotopic (exact) mass is 332 g/mol. The topological polar surface area (TPSA) is 60.1 Å². The summed E-state index contributed by atoms with van der Waals surface area (Å²) in [6, 6.07) is 6.20. The van der Waals surface area contributed by atoms with Crippen LogP contribution in [0.15, 0.2) is 29.1 Å². The van der Waals surface area contributed by atoms with Crippen LogP contribution in [0.4, 0.5) is 4.39 Å². The van der Waals surface area contributed by atoms with Crippen molar-refractivity contribution >= 4 is 5.91 Å². The molecule has 1 aliphatic heterocycles. The zero-order chi connectivity index (χ0) is 17.3. The molecule has 0 aliphatic carbocycles. The molecule has 0 radical (unpaired) electrons. The van der Waals surface area contributed by atoms with Crippen molar-refractivity contribution in [2.45, 2.75) is 32.2 Å². The van der Waals surface area contributed by atoms with Crippen molar-refractivity contribution in [1.29, 1.82) is 0 Å². The number of halogens is 1. The second-order valence-corrected chi connectivity index (χ2v) is 6.24. The first-order valence-electron chi connectivity index (χ1n) is 8.10. The second kappa shape index (κ2) is 6.59.